The number of ether oxygens (including phenoxy) is 1. The summed E-state index contributed by atoms with van der Waals surface area (Å²) in [6.45, 7) is 2.77. The Kier molecular flexibility index (Phi) is 6.31. The molecule has 1 N–H and O–H groups in total. The summed E-state index contributed by atoms with van der Waals surface area (Å²) in [7, 11) is 5.62. The zero-order chi connectivity index (χ0) is 14.4. The van der Waals surface area contributed by atoms with Crippen molar-refractivity contribution >= 4 is 27.5 Å². The maximum atomic E-state index is 11.9. The maximum Gasteiger partial charge on any atom is 0.238 e. The van der Waals surface area contributed by atoms with E-state index in [1.165, 1.54) is 0 Å². The second kappa shape index (κ2) is 7.50. The third-order valence-corrected chi connectivity index (χ3v) is 3.73. The van der Waals surface area contributed by atoms with Crippen molar-refractivity contribution in [3.05, 3.63) is 23.8 Å². The molecule has 106 valence electrons. The molecule has 1 amide bonds. The molecule has 0 spiro atoms. The van der Waals surface area contributed by atoms with Crippen molar-refractivity contribution in [1.29, 1.82) is 0 Å². The van der Waals surface area contributed by atoms with Gasteiger partial charge in [-0.05, 0) is 38.2 Å². The Hall–Kier alpha value is -1.07. The largest absolute Gasteiger partial charge is 0.495 e. The number of carbonyl (C=O) groups excluding carboxylic acids is 1. The lowest BCUT2D eigenvalue weighted by molar-refractivity contribution is -0.115. The monoisotopic (exact) mass is 328 g/mol. The minimum Gasteiger partial charge on any atom is -0.495 e. The highest BCUT2D eigenvalue weighted by Gasteiger charge is 2.15. The molecule has 1 aromatic carbocycles. The number of rotatable bonds is 6. The molecule has 1 aromatic rings. The lowest BCUT2D eigenvalue weighted by Crippen LogP contribution is -2.22. The number of carbonyl (C=O) groups is 1. The Labute approximate surface area is 123 Å². The van der Waals surface area contributed by atoms with Gasteiger partial charge in [-0.3, -0.25) is 4.79 Å². The zero-order valence-electron chi connectivity index (χ0n) is 11.9. The van der Waals surface area contributed by atoms with E-state index < -0.39 is 0 Å². The van der Waals surface area contributed by atoms with Crippen LogP contribution in [0.1, 0.15) is 18.9 Å². The maximum absolute atomic E-state index is 11.9. The van der Waals surface area contributed by atoms with E-state index >= 15 is 0 Å². The fourth-order valence-corrected chi connectivity index (χ4v) is 1.83. The Morgan fingerprint density at radius 1 is 1.47 bits per heavy atom. The fraction of sp³-hybridized carbons (Fsp3) is 0.500. The van der Waals surface area contributed by atoms with Gasteiger partial charge in [-0.2, -0.15) is 0 Å². The van der Waals surface area contributed by atoms with Gasteiger partial charge >= 0.3 is 0 Å². The Morgan fingerprint density at radius 2 is 2.16 bits per heavy atom. The normalized spacial score (nSPS) is 12.3. The highest BCUT2D eigenvalue weighted by atomic mass is 79.9. The predicted octanol–water partition coefficient (Wildman–Crippen LogP) is 2.87. The summed E-state index contributed by atoms with van der Waals surface area (Å²) in [6.07, 6.45) is 0.742. The molecule has 0 aliphatic rings. The summed E-state index contributed by atoms with van der Waals surface area (Å²) in [5.74, 6) is 0.620. The second-order valence-corrected chi connectivity index (χ2v) is 5.74. The van der Waals surface area contributed by atoms with E-state index in [-0.39, 0.29) is 10.7 Å². The molecule has 0 saturated carbocycles. The average Bonchev–Trinajstić information content (AvgIpc) is 2.37. The van der Waals surface area contributed by atoms with Gasteiger partial charge in [0, 0.05) is 6.54 Å². The van der Waals surface area contributed by atoms with Crippen LogP contribution in [0.2, 0.25) is 0 Å². The van der Waals surface area contributed by atoms with Crippen molar-refractivity contribution in [1.82, 2.24) is 4.90 Å². The first kappa shape index (κ1) is 16.0. The molecule has 0 aliphatic heterocycles. The van der Waals surface area contributed by atoms with E-state index in [0.29, 0.717) is 11.4 Å². The Balaban J connectivity index is 2.92. The number of hydrogen-bond donors (Lipinski definition) is 1. The minimum absolute atomic E-state index is 0.0530. The van der Waals surface area contributed by atoms with Gasteiger partial charge in [0.1, 0.15) is 5.75 Å². The van der Waals surface area contributed by atoms with Crippen molar-refractivity contribution < 1.29 is 9.53 Å². The van der Waals surface area contributed by atoms with Gasteiger partial charge in [0.15, 0.2) is 0 Å². The standard InChI is InChI=1S/C14H21BrN2O2/c1-5-11(15)14(18)16-12-8-10(9-17(2)3)6-7-13(12)19-4/h6-8,11H,5,9H2,1-4H3,(H,16,18). The molecule has 5 heteroatoms. The minimum atomic E-state index is -0.185. The highest BCUT2D eigenvalue weighted by Crippen LogP contribution is 2.26. The zero-order valence-corrected chi connectivity index (χ0v) is 13.5. The third-order valence-electron chi connectivity index (χ3n) is 2.66. The first-order valence-corrected chi connectivity index (χ1v) is 7.16. The van der Waals surface area contributed by atoms with Crippen LogP contribution >= 0.6 is 15.9 Å². The summed E-state index contributed by atoms with van der Waals surface area (Å²) in [5, 5.41) is 2.90. The fourth-order valence-electron chi connectivity index (χ4n) is 1.71. The number of anilines is 1. The van der Waals surface area contributed by atoms with Crippen molar-refractivity contribution in [2.24, 2.45) is 0 Å². The molecule has 0 radical (unpaired) electrons. The summed E-state index contributed by atoms with van der Waals surface area (Å²) in [4.78, 5) is 13.8. The number of halogens is 1. The summed E-state index contributed by atoms with van der Waals surface area (Å²) in [6, 6.07) is 5.83. The van der Waals surface area contributed by atoms with Gasteiger partial charge in [0.25, 0.3) is 0 Å². The van der Waals surface area contributed by atoms with Crippen molar-refractivity contribution in [2.45, 2.75) is 24.7 Å². The number of nitrogens with zero attached hydrogens (tertiary/aromatic N) is 1. The smallest absolute Gasteiger partial charge is 0.238 e. The van der Waals surface area contributed by atoms with Gasteiger partial charge in [-0.15, -0.1) is 0 Å². The third kappa shape index (κ3) is 4.84. The lowest BCUT2D eigenvalue weighted by atomic mass is 10.1. The molecular formula is C14H21BrN2O2. The summed E-state index contributed by atoms with van der Waals surface area (Å²) in [5.41, 5.74) is 1.84. The van der Waals surface area contributed by atoms with E-state index in [4.69, 9.17) is 4.74 Å². The predicted molar refractivity (Wildman–Crippen MR) is 82.0 cm³/mol. The average molecular weight is 329 g/mol. The van der Waals surface area contributed by atoms with Gasteiger partial charge in [0.2, 0.25) is 5.91 Å². The topological polar surface area (TPSA) is 41.6 Å². The number of amides is 1. The number of benzene rings is 1. The number of methoxy groups -OCH3 is 1. The SMILES string of the molecule is CCC(Br)C(=O)Nc1cc(CN(C)C)ccc1OC. The summed E-state index contributed by atoms with van der Waals surface area (Å²) < 4.78 is 5.28. The molecule has 1 rings (SSSR count). The van der Waals surface area contributed by atoms with E-state index in [1.807, 2.05) is 39.2 Å². The number of hydrogen-bond acceptors (Lipinski definition) is 3. The molecule has 4 nitrogen and oxygen atoms in total. The van der Waals surface area contributed by atoms with Gasteiger partial charge in [0.05, 0.1) is 17.6 Å². The molecule has 0 fully saturated rings. The Bertz CT molecular complexity index is 435. The summed E-state index contributed by atoms with van der Waals surface area (Å²) >= 11 is 3.34. The van der Waals surface area contributed by atoms with Crippen molar-refractivity contribution in [2.75, 3.05) is 26.5 Å². The highest BCUT2D eigenvalue weighted by molar-refractivity contribution is 9.10. The first-order chi connectivity index (χ1) is 8.97. The van der Waals surface area contributed by atoms with Crippen LogP contribution in [0, 0.1) is 0 Å². The van der Waals surface area contributed by atoms with E-state index in [1.54, 1.807) is 7.11 Å². The van der Waals surface area contributed by atoms with Crippen LogP contribution in [0.5, 0.6) is 5.75 Å². The molecule has 0 heterocycles. The molecule has 0 aliphatic carbocycles. The van der Waals surface area contributed by atoms with Crippen LogP contribution in [0.3, 0.4) is 0 Å². The van der Waals surface area contributed by atoms with Crippen molar-refractivity contribution in [3.8, 4) is 5.75 Å². The van der Waals surface area contributed by atoms with E-state index in [9.17, 15) is 4.79 Å². The molecule has 19 heavy (non-hydrogen) atoms. The quantitative estimate of drug-likeness (QED) is 0.816. The van der Waals surface area contributed by atoms with E-state index in [0.717, 1.165) is 18.5 Å². The molecule has 0 saturated heterocycles. The molecule has 0 bridgehead atoms. The van der Waals surface area contributed by atoms with E-state index in [2.05, 4.69) is 26.1 Å². The molecular weight excluding hydrogens is 308 g/mol. The van der Waals surface area contributed by atoms with Crippen molar-refractivity contribution in [3.63, 3.8) is 0 Å². The number of nitrogens with one attached hydrogen (secondary N) is 1. The van der Waals surface area contributed by atoms with Crippen LogP contribution < -0.4 is 10.1 Å². The van der Waals surface area contributed by atoms with Crippen LogP contribution in [0.25, 0.3) is 0 Å². The van der Waals surface area contributed by atoms with Gasteiger partial charge in [-0.1, -0.05) is 28.9 Å². The first-order valence-electron chi connectivity index (χ1n) is 6.24. The molecule has 1 unspecified atom stereocenters. The van der Waals surface area contributed by atoms with Gasteiger partial charge in [-0.25, -0.2) is 0 Å². The second-order valence-electron chi connectivity index (χ2n) is 4.64. The van der Waals surface area contributed by atoms with Crippen LogP contribution in [-0.2, 0) is 11.3 Å². The number of alkyl halides is 1. The molecule has 1 atom stereocenters. The van der Waals surface area contributed by atoms with Crippen LogP contribution in [0.4, 0.5) is 5.69 Å². The van der Waals surface area contributed by atoms with Gasteiger partial charge < -0.3 is 15.0 Å². The lowest BCUT2D eigenvalue weighted by Gasteiger charge is -2.15. The molecule has 0 aromatic heterocycles. The van der Waals surface area contributed by atoms with Crippen LogP contribution in [0.15, 0.2) is 18.2 Å². The Morgan fingerprint density at radius 3 is 2.68 bits per heavy atom. The van der Waals surface area contributed by atoms with Crippen LogP contribution in [-0.4, -0.2) is 36.8 Å².